The van der Waals surface area contributed by atoms with Gasteiger partial charge in [0.1, 0.15) is 0 Å². The Morgan fingerprint density at radius 3 is 1.55 bits per heavy atom. The third-order valence-electron chi connectivity index (χ3n) is 9.20. The Kier molecular flexibility index (Phi) is 8.47. The van der Waals surface area contributed by atoms with Crippen LogP contribution >= 0.6 is 0 Å². The SMILES string of the molecule is C1=CC[C]([Zr+2]([CH]2CCCCC2)([CH]2CCCCC2)[CH]2c3ccccc3-c3ccccc32)=C1.[Cl-].[Cl-]. The molecule has 0 amide bonds. The molecule has 2 saturated carbocycles. The summed E-state index contributed by atoms with van der Waals surface area (Å²) in [6.07, 6.45) is 23.7. The maximum atomic E-state index is 2.64. The van der Waals surface area contributed by atoms with E-state index in [1.165, 1.54) is 70.6 Å². The Hall–Kier alpha value is -0.617. The molecule has 0 radical (unpaired) electrons. The Morgan fingerprint density at radius 2 is 1.09 bits per heavy atom. The number of rotatable bonds is 4. The van der Waals surface area contributed by atoms with Crippen LogP contribution in [0.15, 0.2) is 70.0 Å². The van der Waals surface area contributed by atoms with Crippen LogP contribution in [-0.2, 0) is 20.3 Å². The second-order valence-corrected chi connectivity index (χ2v) is 22.1. The van der Waals surface area contributed by atoms with Crippen LogP contribution in [0, 0.1) is 0 Å². The van der Waals surface area contributed by atoms with Gasteiger partial charge in [-0.05, 0) is 0 Å². The fourth-order valence-corrected chi connectivity index (χ4v) is 28.1. The fourth-order valence-electron chi connectivity index (χ4n) is 8.11. The quantitative estimate of drug-likeness (QED) is 0.541. The number of halogens is 2. The third kappa shape index (κ3) is 4.19. The van der Waals surface area contributed by atoms with Gasteiger partial charge in [-0.3, -0.25) is 0 Å². The topological polar surface area (TPSA) is 0 Å². The monoisotopic (exact) mass is 556 g/mol. The van der Waals surface area contributed by atoms with Crippen molar-refractivity contribution in [3.8, 4) is 11.1 Å². The van der Waals surface area contributed by atoms with E-state index >= 15 is 0 Å². The Balaban J connectivity index is 0.00000130. The number of benzene rings is 2. The smallest absolute Gasteiger partial charge is 1.00 e. The van der Waals surface area contributed by atoms with Crippen LogP contribution in [0.1, 0.15) is 85.4 Å². The van der Waals surface area contributed by atoms with E-state index in [0.29, 0.717) is 0 Å². The van der Waals surface area contributed by atoms with E-state index in [9.17, 15) is 0 Å². The Bertz CT molecular complexity index is 948. The Morgan fingerprint density at radius 1 is 0.606 bits per heavy atom. The van der Waals surface area contributed by atoms with E-state index < -0.39 is 20.3 Å². The van der Waals surface area contributed by atoms with Crippen molar-refractivity contribution in [2.45, 2.75) is 81.5 Å². The maximum absolute atomic E-state index is 2.92. The van der Waals surface area contributed by atoms with Crippen molar-refractivity contribution in [2.75, 3.05) is 0 Å². The van der Waals surface area contributed by atoms with Crippen molar-refractivity contribution >= 4 is 0 Å². The van der Waals surface area contributed by atoms with Gasteiger partial charge < -0.3 is 24.8 Å². The standard InChI is InChI=1S/C13H9.2C6H11.C5H5.2ClH.Zr/c1-3-7-12-10(5-1)9-11-6-2-4-8-13(11)12;2*1-2-4-6-5-3-1;1-2-4-5-3-1;;;/h1-9H;2*1H,2-6H2;1-3H,4H2;2*1H;/q;;;;;;+2/p-2. The predicted molar refractivity (Wildman–Crippen MR) is 129 cm³/mol. The summed E-state index contributed by atoms with van der Waals surface area (Å²) in [6, 6.07) is 19.1. The van der Waals surface area contributed by atoms with Crippen molar-refractivity contribution in [2.24, 2.45) is 0 Å². The molecule has 4 aliphatic rings. The van der Waals surface area contributed by atoms with Crippen molar-refractivity contribution in [3.05, 3.63) is 81.2 Å². The zero-order chi connectivity index (χ0) is 20.7. The molecule has 0 saturated heterocycles. The van der Waals surface area contributed by atoms with Gasteiger partial charge in [0.25, 0.3) is 0 Å². The van der Waals surface area contributed by atoms with Crippen LogP contribution in [0.3, 0.4) is 0 Å². The molecule has 0 nitrogen and oxygen atoms in total. The van der Waals surface area contributed by atoms with E-state index in [2.05, 4.69) is 66.8 Å². The number of hydrogen-bond donors (Lipinski definition) is 0. The molecule has 33 heavy (non-hydrogen) atoms. The molecule has 0 bridgehead atoms. The molecule has 3 heteroatoms. The molecule has 2 fully saturated rings. The van der Waals surface area contributed by atoms with Crippen LogP contribution in [0.4, 0.5) is 0 Å². The minimum Gasteiger partial charge on any atom is -1.00 e. The van der Waals surface area contributed by atoms with Gasteiger partial charge >= 0.3 is 194 Å². The third-order valence-corrected chi connectivity index (χ3v) is 26.2. The molecule has 6 rings (SSSR count). The van der Waals surface area contributed by atoms with E-state index in [1.807, 2.05) is 3.28 Å². The summed E-state index contributed by atoms with van der Waals surface area (Å²) in [5.74, 6) is 0. The summed E-state index contributed by atoms with van der Waals surface area (Å²) in [5, 5.41) is 0. The first-order chi connectivity index (χ1) is 15.4. The summed E-state index contributed by atoms with van der Waals surface area (Å²) in [6.45, 7) is 0. The van der Waals surface area contributed by atoms with Gasteiger partial charge in [-0.25, -0.2) is 0 Å². The van der Waals surface area contributed by atoms with Crippen LogP contribution in [-0.4, -0.2) is 0 Å². The minimum atomic E-state index is -2.92. The number of allylic oxidation sites excluding steroid dienone is 4. The van der Waals surface area contributed by atoms with Gasteiger partial charge in [0.2, 0.25) is 0 Å². The predicted octanol–water partition coefficient (Wildman–Crippen LogP) is 3.27. The van der Waals surface area contributed by atoms with Crippen molar-refractivity contribution in [1.82, 2.24) is 0 Å². The van der Waals surface area contributed by atoms with Crippen LogP contribution in [0.25, 0.3) is 11.1 Å². The second-order valence-electron chi connectivity index (χ2n) is 10.5. The second kappa shape index (κ2) is 11.0. The molecule has 174 valence electrons. The van der Waals surface area contributed by atoms with Gasteiger partial charge in [0.05, 0.1) is 0 Å². The van der Waals surface area contributed by atoms with Gasteiger partial charge in [0, 0.05) is 0 Å². The molecule has 0 aliphatic heterocycles. The van der Waals surface area contributed by atoms with E-state index in [-0.39, 0.29) is 24.8 Å². The largest absolute Gasteiger partial charge is 1.00 e. The van der Waals surface area contributed by atoms with E-state index in [4.69, 9.17) is 0 Å². The first-order valence-electron chi connectivity index (χ1n) is 12.9. The van der Waals surface area contributed by atoms with E-state index in [1.54, 1.807) is 22.3 Å². The molecule has 0 heterocycles. The molecule has 0 N–H and O–H groups in total. The molecule has 4 aliphatic carbocycles. The van der Waals surface area contributed by atoms with Crippen LogP contribution in [0.5, 0.6) is 0 Å². The van der Waals surface area contributed by atoms with Gasteiger partial charge in [0.15, 0.2) is 0 Å². The molecule has 0 spiro atoms. The molecular formula is C30H36Cl2Zr. The average Bonchev–Trinajstić information content (AvgIpc) is 3.49. The van der Waals surface area contributed by atoms with Gasteiger partial charge in [-0.15, -0.1) is 0 Å². The minimum absolute atomic E-state index is 0. The number of fused-ring (bicyclic) bond motifs is 3. The van der Waals surface area contributed by atoms with Crippen LogP contribution < -0.4 is 24.8 Å². The van der Waals surface area contributed by atoms with Crippen molar-refractivity contribution in [3.63, 3.8) is 0 Å². The maximum Gasteiger partial charge on any atom is -1.00 e. The van der Waals surface area contributed by atoms with E-state index in [0.717, 1.165) is 10.9 Å². The summed E-state index contributed by atoms with van der Waals surface area (Å²) in [5.41, 5.74) is 6.54. The molecule has 2 aromatic carbocycles. The Labute approximate surface area is 217 Å². The average molecular weight is 559 g/mol. The summed E-state index contributed by atoms with van der Waals surface area (Å²) < 4.78 is 4.77. The first kappa shape index (κ1) is 25.5. The first-order valence-corrected chi connectivity index (χ1v) is 18.4. The molecule has 0 atom stereocenters. The number of hydrogen-bond acceptors (Lipinski definition) is 0. The fraction of sp³-hybridized carbons (Fsp3) is 0.467. The van der Waals surface area contributed by atoms with Gasteiger partial charge in [-0.2, -0.15) is 0 Å². The van der Waals surface area contributed by atoms with Crippen LogP contribution in [0.2, 0.25) is 7.25 Å². The van der Waals surface area contributed by atoms with Crippen molar-refractivity contribution < 1.29 is 45.1 Å². The molecule has 2 aromatic rings. The van der Waals surface area contributed by atoms with Gasteiger partial charge in [-0.1, -0.05) is 0 Å². The molecule has 0 unspecified atom stereocenters. The molecule has 0 aromatic heterocycles. The summed E-state index contributed by atoms with van der Waals surface area (Å²) >= 11 is -2.92. The zero-order valence-corrected chi connectivity index (χ0v) is 23.6. The zero-order valence-electron chi connectivity index (χ0n) is 19.6. The van der Waals surface area contributed by atoms with Crippen molar-refractivity contribution in [1.29, 1.82) is 0 Å². The molecular weight excluding hydrogens is 522 g/mol. The normalized spacial score (nSPS) is 20.5. The summed E-state index contributed by atoms with van der Waals surface area (Å²) in [7, 11) is 0. The summed E-state index contributed by atoms with van der Waals surface area (Å²) in [4.78, 5) is 0.